The van der Waals surface area contributed by atoms with Gasteiger partial charge in [-0.05, 0) is 31.7 Å². The second-order valence-corrected chi connectivity index (χ2v) is 6.75. The Kier molecular flexibility index (Phi) is 4.08. The maximum Gasteiger partial charge on any atom is 0.313 e. The lowest BCUT2D eigenvalue weighted by Gasteiger charge is -2.33. The zero-order chi connectivity index (χ0) is 15.0. The minimum atomic E-state index is -0.846. The number of carboxylic acids is 1. The van der Waals surface area contributed by atoms with Gasteiger partial charge in [-0.3, -0.25) is 4.79 Å². The molecule has 1 N–H and O–H groups in total. The third-order valence-corrected chi connectivity index (χ3v) is 5.17. The fourth-order valence-electron chi connectivity index (χ4n) is 2.67. The molecule has 21 heavy (non-hydrogen) atoms. The molecule has 0 bridgehead atoms. The number of imidazole rings is 1. The van der Waals surface area contributed by atoms with Crippen LogP contribution in [0.15, 0.2) is 17.4 Å². The molecule has 1 unspecified atom stereocenters. The third kappa shape index (κ3) is 2.87. The molecule has 1 aliphatic carbocycles. The van der Waals surface area contributed by atoms with Crippen molar-refractivity contribution in [2.45, 2.75) is 37.4 Å². The molecule has 3 rings (SSSR count). The molecule has 112 valence electrons. The number of pyridine rings is 1. The second kappa shape index (κ2) is 5.85. The number of hydrogen-bond acceptors (Lipinski definition) is 4. The zero-order valence-electron chi connectivity index (χ0n) is 11.6. The first-order valence-corrected chi connectivity index (χ1v) is 8.30. The van der Waals surface area contributed by atoms with Crippen LogP contribution in [-0.4, -0.2) is 31.4 Å². The predicted octanol–water partition coefficient (Wildman–Crippen LogP) is 3.62. The summed E-state index contributed by atoms with van der Waals surface area (Å²) in [6.07, 6.45) is 5.29. The van der Waals surface area contributed by atoms with Crippen molar-refractivity contribution in [1.82, 2.24) is 14.5 Å². The van der Waals surface area contributed by atoms with E-state index in [1.54, 1.807) is 12.3 Å². The van der Waals surface area contributed by atoms with Crippen LogP contribution in [0.25, 0.3) is 11.2 Å². The Bertz CT molecular complexity index is 684. The third-order valence-electron chi connectivity index (χ3n) is 4.03. The summed E-state index contributed by atoms with van der Waals surface area (Å²) in [6.45, 7) is 2.16. The van der Waals surface area contributed by atoms with Crippen molar-refractivity contribution in [3.05, 3.63) is 17.3 Å². The van der Waals surface area contributed by atoms with Gasteiger partial charge in [0, 0.05) is 12.2 Å². The van der Waals surface area contributed by atoms with Gasteiger partial charge in [-0.25, -0.2) is 9.97 Å². The van der Waals surface area contributed by atoms with Gasteiger partial charge in [0.1, 0.15) is 5.52 Å². The molecule has 0 aromatic carbocycles. The molecule has 1 saturated carbocycles. The smallest absolute Gasteiger partial charge is 0.313 e. The summed E-state index contributed by atoms with van der Waals surface area (Å²) >= 11 is 7.21. The lowest BCUT2D eigenvalue weighted by atomic mass is 9.80. The molecule has 0 spiro atoms. The Balaban J connectivity index is 2.03. The number of aromatic nitrogens is 3. The number of halogens is 1. The number of nitrogens with zero attached hydrogens (tertiary/aromatic N) is 3. The van der Waals surface area contributed by atoms with Gasteiger partial charge < -0.3 is 9.67 Å². The van der Waals surface area contributed by atoms with E-state index in [0.717, 1.165) is 11.2 Å². The van der Waals surface area contributed by atoms with E-state index >= 15 is 0 Å². The number of carbonyl (C=O) groups is 1. The molecule has 5 nitrogen and oxygen atoms in total. The van der Waals surface area contributed by atoms with Crippen LogP contribution < -0.4 is 0 Å². The molecule has 0 amide bonds. The number of carboxylic acid groups (broad SMARTS) is 1. The Labute approximate surface area is 131 Å². The number of fused-ring (bicyclic) bond motifs is 1. The van der Waals surface area contributed by atoms with E-state index in [0.29, 0.717) is 16.1 Å². The van der Waals surface area contributed by atoms with Crippen molar-refractivity contribution in [2.24, 2.45) is 5.92 Å². The first-order valence-electron chi connectivity index (χ1n) is 6.94. The molecular weight excluding hydrogens is 310 g/mol. The highest BCUT2D eigenvalue weighted by atomic mass is 35.5. The number of rotatable bonds is 5. The SMILES string of the molecule is CC(C1CCC1)n1c(SCC(=O)O)nc2cc(Cl)cnc21. The molecular formula is C14H16ClN3O2S. The molecule has 1 aliphatic rings. The number of hydrogen-bond donors (Lipinski definition) is 1. The van der Waals surface area contributed by atoms with Gasteiger partial charge in [-0.1, -0.05) is 29.8 Å². The molecule has 2 aromatic heterocycles. The monoisotopic (exact) mass is 325 g/mol. The van der Waals surface area contributed by atoms with Crippen LogP contribution in [0.4, 0.5) is 0 Å². The molecule has 0 radical (unpaired) electrons. The highest BCUT2D eigenvalue weighted by molar-refractivity contribution is 7.99. The van der Waals surface area contributed by atoms with Gasteiger partial charge in [-0.15, -0.1) is 0 Å². The lowest BCUT2D eigenvalue weighted by molar-refractivity contribution is -0.133. The highest BCUT2D eigenvalue weighted by Gasteiger charge is 2.28. The molecule has 0 saturated heterocycles. The fraction of sp³-hybridized carbons (Fsp3) is 0.500. The summed E-state index contributed by atoms with van der Waals surface area (Å²) in [5.74, 6) is -0.237. The first-order chi connectivity index (χ1) is 10.1. The Hall–Kier alpha value is -1.27. The van der Waals surface area contributed by atoms with E-state index in [1.807, 2.05) is 0 Å². The zero-order valence-corrected chi connectivity index (χ0v) is 13.2. The van der Waals surface area contributed by atoms with Crippen LogP contribution in [-0.2, 0) is 4.79 Å². The number of aliphatic carboxylic acids is 1. The lowest BCUT2D eigenvalue weighted by Crippen LogP contribution is -2.23. The molecule has 0 aliphatic heterocycles. The minimum Gasteiger partial charge on any atom is -0.481 e. The van der Waals surface area contributed by atoms with E-state index in [9.17, 15) is 4.79 Å². The normalized spacial score (nSPS) is 16.9. The molecule has 1 fully saturated rings. The van der Waals surface area contributed by atoms with Gasteiger partial charge in [0.15, 0.2) is 10.8 Å². The van der Waals surface area contributed by atoms with Gasteiger partial charge in [0.2, 0.25) is 0 Å². The maximum absolute atomic E-state index is 10.8. The van der Waals surface area contributed by atoms with Crippen LogP contribution >= 0.6 is 23.4 Å². The predicted molar refractivity (Wildman–Crippen MR) is 82.9 cm³/mol. The Morgan fingerprint density at radius 2 is 2.38 bits per heavy atom. The van der Waals surface area contributed by atoms with Crippen LogP contribution in [0, 0.1) is 5.92 Å². The topological polar surface area (TPSA) is 68.0 Å². The van der Waals surface area contributed by atoms with E-state index in [4.69, 9.17) is 16.7 Å². The summed E-state index contributed by atoms with van der Waals surface area (Å²) in [5.41, 5.74) is 1.51. The standard InChI is InChI=1S/C14H16ClN3O2S/c1-8(9-3-2-4-9)18-13-11(5-10(15)6-16-13)17-14(18)21-7-12(19)20/h5-6,8-9H,2-4,7H2,1H3,(H,19,20). The van der Waals surface area contributed by atoms with E-state index in [2.05, 4.69) is 21.5 Å². The van der Waals surface area contributed by atoms with Gasteiger partial charge in [0.05, 0.1) is 10.8 Å². The molecule has 2 aromatic rings. The highest BCUT2D eigenvalue weighted by Crippen LogP contribution is 2.39. The van der Waals surface area contributed by atoms with Crippen LogP contribution in [0.1, 0.15) is 32.2 Å². The summed E-state index contributed by atoms with van der Waals surface area (Å²) < 4.78 is 2.07. The van der Waals surface area contributed by atoms with Crippen molar-refractivity contribution in [3.63, 3.8) is 0 Å². The largest absolute Gasteiger partial charge is 0.481 e. The summed E-state index contributed by atoms with van der Waals surface area (Å²) in [5, 5.41) is 10.1. The van der Waals surface area contributed by atoms with E-state index in [-0.39, 0.29) is 11.8 Å². The molecule has 1 atom stereocenters. The van der Waals surface area contributed by atoms with Crippen molar-refractivity contribution < 1.29 is 9.90 Å². The summed E-state index contributed by atoms with van der Waals surface area (Å²) in [4.78, 5) is 19.8. The maximum atomic E-state index is 10.8. The second-order valence-electron chi connectivity index (χ2n) is 5.37. The van der Waals surface area contributed by atoms with Crippen molar-refractivity contribution >= 4 is 40.5 Å². The molecule has 7 heteroatoms. The van der Waals surface area contributed by atoms with Gasteiger partial charge in [-0.2, -0.15) is 0 Å². The van der Waals surface area contributed by atoms with Gasteiger partial charge >= 0.3 is 5.97 Å². The first kappa shape index (κ1) is 14.7. The average Bonchev–Trinajstić information content (AvgIpc) is 2.71. The quantitative estimate of drug-likeness (QED) is 0.850. The van der Waals surface area contributed by atoms with Crippen LogP contribution in [0.2, 0.25) is 5.02 Å². The van der Waals surface area contributed by atoms with E-state index in [1.165, 1.54) is 31.0 Å². The van der Waals surface area contributed by atoms with Crippen molar-refractivity contribution in [1.29, 1.82) is 0 Å². The summed E-state index contributed by atoms with van der Waals surface area (Å²) in [7, 11) is 0. The van der Waals surface area contributed by atoms with Crippen molar-refractivity contribution in [2.75, 3.05) is 5.75 Å². The molecule has 2 heterocycles. The summed E-state index contributed by atoms with van der Waals surface area (Å²) in [6, 6.07) is 2.05. The number of thioether (sulfide) groups is 1. The Morgan fingerprint density at radius 3 is 3.00 bits per heavy atom. The van der Waals surface area contributed by atoms with Crippen molar-refractivity contribution in [3.8, 4) is 0 Å². The van der Waals surface area contributed by atoms with Crippen LogP contribution in [0.3, 0.4) is 0 Å². The van der Waals surface area contributed by atoms with Gasteiger partial charge in [0.25, 0.3) is 0 Å². The van der Waals surface area contributed by atoms with E-state index < -0.39 is 5.97 Å². The van der Waals surface area contributed by atoms with Crippen LogP contribution in [0.5, 0.6) is 0 Å². The minimum absolute atomic E-state index is 0.00552. The average molecular weight is 326 g/mol. The fourth-order valence-corrected chi connectivity index (χ4v) is 3.62. The Morgan fingerprint density at radius 1 is 1.62 bits per heavy atom.